The summed E-state index contributed by atoms with van der Waals surface area (Å²) in [5, 5.41) is 24.6. The first-order valence-electron chi connectivity index (χ1n) is 11.1. The lowest BCUT2D eigenvalue weighted by Crippen LogP contribution is -2.27. The number of carbonyl (C=O) groups excluding carboxylic acids is 2. The summed E-state index contributed by atoms with van der Waals surface area (Å²) in [6, 6.07) is 10.5. The number of benzene rings is 2. The van der Waals surface area contributed by atoms with Crippen LogP contribution in [0, 0.1) is 11.6 Å². The van der Waals surface area contributed by atoms with Crippen LogP contribution < -0.4 is 10.6 Å². The van der Waals surface area contributed by atoms with Gasteiger partial charge in [-0.2, -0.15) is 0 Å². The molecule has 0 aromatic heterocycles. The smallest absolute Gasteiger partial charge is 0.187 e. The fourth-order valence-electron chi connectivity index (χ4n) is 3.12. The van der Waals surface area contributed by atoms with E-state index in [-0.39, 0.29) is 24.8 Å². The van der Waals surface area contributed by atoms with Gasteiger partial charge in [0.2, 0.25) is 0 Å². The molecule has 6 nitrogen and oxygen atoms in total. The molecule has 0 atom stereocenters. The van der Waals surface area contributed by atoms with E-state index in [1.165, 1.54) is 60.7 Å². The standard InChI is InChI=1S/C26H30F2N2O4/c27-21-9-5-19(6-10-21)25(33)17-23(3-1-15-31)29-13-14-30-24(4-2-16-32)18-26(34)20-7-11-22(28)12-8-20/h5-12,17-18,29-32H,1-4,13-16H2/b23-17-,24-18-. The Labute approximate surface area is 198 Å². The molecule has 0 aliphatic heterocycles. The van der Waals surface area contributed by atoms with Crippen LogP contribution in [0.5, 0.6) is 0 Å². The molecule has 0 radical (unpaired) electrons. The van der Waals surface area contributed by atoms with E-state index in [0.29, 0.717) is 61.3 Å². The number of nitrogens with one attached hydrogen (secondary N) is 2. The average molecular weight is 473 g/mol. The van der Waals surface area contributed by atoms with E-state index in [1.807, 2.05) is 0 Å². The van der Waals surface area contributed by atoms with E-state index >= 15 is 0 Å². The molecule has 0 amide bonds. The first kappa shape index (κ1) is 26.9. The second kappa shape index (κ2) is 14.7. The van der Waals surface area contributed by atoms with Crippen LogP contribution in [-0.4, -0.2) is 48.1 Å². The van der Waals surface area contributed by atoms with Gasteiger partial charge in [-0.3, -0.25) is 9.59 Å². The molecule has 0 saturated carbocycles. The topological polar surface area (TPSA) is 98.7 Å². The number of halogens is 2. The molecule has 0 unspecified atom stereocenters. The maximum atomic E-state index is 13.1. The average Bonchev–Trinajstić information content (AvgIpc) is 2.83. The van der Waals surface area contributed by atoms with Crippen LogP contribution in [0.1, 0.15) is 46.4 Å². The van der Waals surface area contributed by atoms with E-state index in [2.05, 4.69) is 10.6 Å². The van der Waals surface area contributed by atoms with Crippen molar-refractivity contribution in [2.75, 3.05) is 26.3 Å². The highest BCUT2D eigenvalue weighted by Crippen LogP contribution is 2.10. The fraction of sp³-hybridized carbons (Fsp3) is 0.308. The lowest BCUT2D eigenvalue weighted by atomic mass is 10.1. The van der Waals surface area contributed by atoms with Crippen molar-refractivity contribution in [1.29, 1.82) is 0 Å². The number of allylic oxidation sites excluding steroid dienone is 4. The van der Waals surface area contributed by atoms with Crippen LogP contribution in [0.3, 0.4) is 0 Å². The Balaban J connectivity index is 1.98. The number of hydrogen-bond acceptors (Lipinski definition) is 6. The van der Waals surface area contributed by atoms with E-state index in [1.54, 1.807) is 0 Å². The van der Waals surface area contributed by atoms with Crippen molar-refractivity contribution in [2.24, 2.45) is 0 Å². The fourth-order valence-corrected chi connectivity index (χ4v) is 3.12. The van der Waals surface area contributed by atoms with Gasteiger partial charge in [0.25, 0.3) is 0 Å². The van der Waals surface area contributed by atoms with Crippen LogP contribution in [0.15, 0.2) is 72.1 Å². The Kier molecular flexibility index (Phi) is 11.6. The van der Waals surface area contributed by atoms with Gasteiger partial charge in [-0.1, -0.05) is 0 Å². The molecule has 8 heteroatoms. The van der Waals surface area contributed by atoms with Crippen molar-refractivity contribution in [1.82, 2.24) is 10.6 Å². The van der Waals surface area contributed by atoms with Crippen molar-refractivity contribution in [3.8, 4) is 0 Å². The largest absolute Gasteiger partial charge is 0.396 e. The summed E-state index contributed by atoms with van der Waals surface area (Å²) in [6.07, 6.45) is 4.72. The molecule has 0 aliphatic carbocycles. The van der Waals surface area contributed by atoms with E-state index < -0.39 is 11.6 Å². The summed E-state index contributed by atoms with van der Waals surface area (Å²) in [5.74, 6) is -1.40. The van der Waals surface area contributed by atoms with Gasteiger partial charge < -0.3 is 20.8 Å². The summed E-state index contributed by atoms with van der Waals surface area (Å²) in [4.78, 5) is 24.9. The van der Waals surface area contributed by atoms with Gasteiger partial charge in [-0.05, 0) is 74.2 Å². The maximum absolute atomic E-state index is 13.1. The van der Waals surface area contributed by atoms with Crippen molar-refractivity contribution in [3.63, 3.8) is 0 Å². The number of carbonyl (C=O) groups is 2. The SMILES string of the molecule is O=C(/C=C(/CCCO)NCCN/C(=C\C(=O)c1ccc(F)cc1)CCCO)c1ccc(F)cc1. The number of rotatable bonds is 15. The highest BCUT2D eigenvalue weighted by molar-refractivity contribution is 6.05. The first-order valence-corrected chi connectivity index (χ1v) is 11.1. The van der Waals surface area contributed by atoms with Gasteiger partial charge in [0.15, 0.2) is 11.6 Å². The minimum Gasteiger partial charge on any atom is -0.396 e. The number of aliphatic hydroxyl groups excluding tert-OH is 2. The third kappa shape index (κ3) is 9.64. The molecule has 0 bridgehead atoms. The molecule has 0 saturated heterocycles. The quantitative estimate of drug-likeness (QED) is 0.180. The number of hydrogen-bond donors (Lipinski definition) is 4. The molecule has 2 aromatic rings. The summed E-state index contributed by atoms with van der Waals surface area (Å²) in [5.41, 5.74) is 1.98. The van der Waals surface area contributed by atoms with Crippen molar-refractivity contribution in [2.45, 2.75) is 25.7 Å². The third-order valence-electron chi connectivity index (χ3n) is 4.91. The predicted octanol–water partition coefficient (Wildman–Crippen LogP) is 3.52. The highest BCUT2D eigenvalue weighted by Gasteiger charge is 2.08. The second-order valence-corrected chi connectivity index (χ2v) is 7.59. The normalized spacial score (nSPS) is 11.9. The summed E-state index contributed by atoms with van der Waals surface area (Å²) >= 11 is 0. The molecule has 0 fully saturated rings. The number of ketones is 2. The Bertz CT molecular complexity index is 905. The van der Waals surface area contributed by atoms with E-state index in [4.69, 9.17) is 10.2 Å². The molecule has 2 aromatic carbocycles. The van der Waals surface area contributed by atoms with Crippen molar-refractivity contribution >= 4 is 11.6 Å². The predicted molar refractivity (Wildman–Crippen MR) is 126 cm³/mol. The van der Waals surface area contributed by atoms with Gasteiger partial charge in [-0.15, -0.1) is 0 Å². The van der Waals surface area contributed by atoms with Crippen LogP contribution in [-0.2, 0) is 0 Å². The molecule has 0 spiro atoms. The minimum absolute atomic E-state index is 0.0262. The Morgan fingerprint density at radius 3 is 1.35 bits per heavy atom. The van der Waals surface area contributed by atoms with Gasteiger partial charge in [0, 0.05) is 61.0 Å². The Morgan fingerprint density at radius 1 is 0.676 bits per heavy atom. The van der Waals surface area contributed by atoms with Crippen LogP contribution in [0.25, 0.3) is 0 Å². The summed E-state index contributed by atoms with van der Waals surface area (Å²) < 4.78 is 26.2. The third-order valence-corrected chi connectivity index (χ3v) is 4.91. The van der Waals surface area contributed by atoms with Crippen molar-refractivity contribution in [3.05, 3.63) is 94.8 Å². The molecule has 0 aliphatic rings. The lowest BCUT2D eigenvalue weighted by molar-refractivity contribution is 0.103. The van der Waals surface area contributed by atoms with E-state index in [0.717, 1.165) is 0 Å². The van der Waals surface area contributed by atoms with E-state index in [9.17, 15) is 18.4 Å². The van der Waals surface area contributed by atoms with Crippen LogP contribution in [0.4, 0.5) is 8.78 Å². The zero-order valence-electron chi connectivity index (χ0n) is 18.9. The molecular formula is C26H30F2N2O4. The van der Waals surface area contributed by atoms with Gasteiger partial charge in [-0.25, -0.2) is 8.78 Å². The monoisotopic (exact) mass is 472 g/mol. The second-order valence-electron chi connectivity index (χ2n) is 7.59. The van der Waals surface area contributed by atoms with Crippen molar-refractivity contribution < 1.29 is 28.6 Å². The minimum atomic E-state index is -0.423. The molecule has 34 heavy (non-hydrogen) atoms. The molecule has 4 N–H and O–H groups in total. The zero-order chi connectivity index (χ0) is 24.8. The Hall–Kier alpha value is -3.36. The molecule has 0 heterocycles. The number of aliphatic hydroxyl groups is 2. The molecule has 2 rings (SSSR count). The first-order chi connectivity index (χ1) is 16.4. The van der Waals surface area contributed by atoms with Crippen LogP contribution >= 0.6 is 0 Å². The lowest BCUT2D eigenvalue weighted by Gasteiger charge is -2.14. The van der Waals surface area contributed by atoms with Gasteiger partial charge in [0.05, 0.1) is 0 Å². The maximum Gasteiger partial charge on any atom is 0.187 e. The highest BCUT2D eigenvalue weighted by atomic mass is 19.1. The Morgan fingerprint density at radius 2 is 1.03 bits per heavy atom. The molecular weight excluding hydrogens is 442 g/mol. The van der Waals surface area contributed by atoms with Crippen LogP contribution in [0.2, 0.25) is 0 Å². The van der Waals surface area contributed by atoms with Gasteiger partial charge in [0.1, 0.15) is 11.6 Å². The molecule has 182 valence electrons. The van der Waals surface area contributed by atoms with Gasteiger partial charge >= 0.3 is 0 Å². The zero-order valence-corrected chi connectivity index (χ0v) is 18.9. The summed E-state index contributed by atoms with van der Waals surface area (Å²) in [7, 11) is 0. The summed E-state index contributed by atoms with van der Waals surface area (Å²) in [6.45, 7) is 0.799.